The van der Waals surface area contributed by atoms with Gasteiger partial charge in [0.1, 0.15) is 5.82 Å². The Bertz CT molecular complexity index is 729. The molecule has 2 aromatic rings. The van der Waals surface area contributed by atoms with E-state index in [4.69, 9.17) is 0 Å². The van der Waals surface area contributed by atoms with Crippen molar-refractivity contribution >= 4 is 23.2 Å². The SMILES string of the molecule is O=C1CNc2ccc(C(=O)NCc3ccc(F)cc3)cc2N1. The number of anilines is 2. The molecule has 1 aliphatic rings. The molecule has 1 aliphatic heterocycles. The lowest BCUT2D eigenvalue weighted by molar-refractivity contribution is -0.114. The molecule has 3 N–H and O–H groups in total. The van der Waals surface area contributed by atoms with Crippen molar-refractivity contribution in [3.8, 4) is 0 Å². The molecule has 6 heteroatoms. The number of fused-ring (bicyclic) bond motifs is 1. The molecule has 2 aromatic carbocycles. The van der Waals surface area contributed by atoms with Crippen LogP contribution in [-0.4, -0.2) is 18.4 Å². The Balaban J connectivity index is 1.68. The Morgan fingerprint density at radius 2 is 1.91 bits per heavy atom. The van der Waals surface area contributed by atoms with Crippen LogP contribution < -0.4 is 16.0 Å². The first-order valence-corrected chi connectivity index (χ1v) is 6.82. The second kappa shape index (κ2) is 5.85. The molecule has 0 saturated carbocycles. The minimum absolute atomic E-state index is 0.142. The maximum absolute atomic E-state index is 12.8. The van der Waals surface area contributed by atoms with Crippen LogP contribution in [0.4, 0.5) is 15.8 Å². The van der Waals surface area contributed by atoms with Crippen LogP contribution >= 0.6 is 0 Å². The van der Waals surface area contributed by atoms with Gasteiger partial charge < -0.3 is 16.0 Å². The van der Waals surface area contributed by atoms with Crippen LogP contribution in [0.3, 0.4) is 0 Å². The molecule has 0 aromatic heterocycles. The lowest BCUT2D eigenvalue weighted by atomic mass is 10.1. The summed E-state index contributed by atoms with van der Waals surface area (Å²) in [5.74, 6) is -0.712. The van der Waals surface area contributed by atoms with Crippen LogP contribution in [0.1, 0.15) is 15.9 Å². The largest absolute Gasteiger partial charge is 0.374 e. The number of rotatable bonds is 3. The summed E-state index contributed by atoms with van der Waals surface area (Å²) in [6.45, 7) is 0.532. The zero-order valence-corrected chi connectivity index (χ0v) is 11.7. The molecule has 0 unspecified atom stereocenters. The van der Waals surface area contributed by atoms with E-state index in [0.717, 1.165) is 11.3 Å². The molecule has 22 heavy (non-hydrogen) atoms. The van der Waals surface area contributed by atoms with Crippen molar-refractivity contribution in [2.45, 2.75) is 6.54 Å². The van der Waals surface area contributed by atoms with Gasteiger partial charge in [0, 0.05) is 12.1 Å². The highest BCUT2D eigenvalue weighted by Crippen LogP contribution is 2.25. The van der Waals surface area contributed by atoms with Crippen molar-refractivity contribution in [2.24, 2.45) is 0 Å². The number of amides is 2. The highest BCUT2D eigenvalue weighted by molar-refractivity contribution is 6.03. The number of hydrogen-bond acceptors (Lipinski definition) is 3. The van der Waals surface area contributed by atoms with Crippen molar-refractivity contribution in [1.29, 1.82) is 0 Å². The van der Waals surface area contributed by atoms with Gasteiger partial charge in [-0.1, -0.05) is 12.1 Å². The Hall–Kier alpha value is -2.89. The van der Waals surface area contributed by atoms with E-state index in [9.17, 15) is 14.0 Å². The molecule has 3 rings (SSSR count). The zero-order chi connectivity index (χ0) is 15.5. The monoisotopic (exact) mass is 299 g/mol. The van der Waals surface area contributed by atoms with E-state index in [-0.39, 0.29) is 24.2 Å². The van der Waals surface area contributed by atoms with Gasteiger partial charge in [-0.05, 0) is 35.9 Å². The second-order valence-corrected chi connectivity index (χ2v) is 4.97. The van der Waals surface area contributed by atoms with E-state index >= 15 is 0 Å². The predicted octanol–water partition coefficient (Wildman–Crippen LogP) is 2.12. The third-order valence-electron chi connectivity index (χ3n) is 3.36. The van der Waals surface area contributed by atoms with Gasteiger partial charge in [-0.2, -0.15) is 0 Å². The van der Waals surface area contributed by atoms with E-state index in [1.54, 1.807) is 30.3 Å². The Kier molecular flexibility index (Phi) is 3.74. The van der Waals surface area contributed by atoms with Gasteiger partial charge in [0.25, 0.3) is 5.91 Å². The topological polar surface area (TPSA) is 70.2 Å². The molecule has 0 bridgehead atoms. The lowest BCUT2D eigenvalue weighted by Crippen LogP contribution is -2.28. The van der Waals surface area contributed by atoms with Crippen LogP contribution in [-0.2, 0) is 11.3 Å². The van der Waals surface area contributed by atoms with Crippen molar-refractivity contribution in [3.63, 3.8) is 0 Å². The summed E-state index contributed by atoms with van der Waals surface area (Å²) < 4.78 is 12.8. The molecular weight excluding hydrogens is 285 g/mol. The van der Waals surface area contributed by atoms with Crippen molar-refractivity contribution < 1.29 is 14.0 Å². The first-order valence-electron chi connectivity index (χ1n) is 6.82. The standard InChI is InChI=1S/C16H14FN3O2/c17-12-4-1-10(2-5-12)8-19-16(22)11-3-6-13-14(7-11)20-15(21)9-18-13/h1-7,18H,8-9H2,(H,19,22)(H,20,21). The number of halogens is 1. The minimum atomic E-state index is -0.312. The number of carbonyl (C=O) groups excluding carboxylic acids is 2. The average Bonchev–Trinajstić information content (AvgIpc) is 2.53. The fourth-order valence-electron chi connectivity index (χ4n) is 2.20. The molecule has 0 fully saturated rings. The molecule has 112 valence electrons. The number of benzene rings is 2. The number of nitrogens with one attached hydrogen (secondary N) is 3. The summed E-state index contributed by atoms with van der Waals surface area (Å²) in [4.78, 5) is 23.5. The Morgan fingerprint density at radius 3 is 2.68 bits per heavy atom. The summed E-state index contributed by atoms with van der Waals surface area (Å²) in [7, 11) is 0. The van der Waals surface area contributed by atoms with E-state index in [1.807, 2.05) is 0 Å². The highest BCUT2D eigenvalue weighted by atomic mass is 19.1. The van der Waals surface area contributed by atoms with E-state index < -0.39 is 0 Å². The normalized spacial score (nSPS) is 12.9. The third kappa shape index (κ3) is 3.06. The van der Waals surface area contributed by atoms with E-state index in [1.165, 1.54) is 12.1 Å². The summed E-state index contributed by atoms with van der Waals surface area (Å²) >= 11 is 0. The maximum atomic E-state index is 12.8. The minimum Gasteiger partial charge on any atom is -0.374 e. The zero-order valence-electron chi connectivity index (χ0n) is 11.7. The van der Waals surface area contributed by atoms with E-state index in [2.05, 4.69) is 16.0 Å². The average molecular weight is 299 g/mol. The van der Waals surface area contributed by atoms with Crippen molar-refractivity contribution in [1.82, 2.24) is 5.32 Å². The number of hydrogen-bond donors (Lipinski definition) is 3. The predicted molar refractivity (Wildman–Crippen MR) is 81.1 cm³/mol. The number of carbonyl (C=O) groups is 2. The van der Waals surface area contributed by atoms with Gasteiger partial charge in [-0.3, -0.25) is 9.59 Å². The fourth-order valence-corrected chi connectivity index (χ4v) is 2.20. The van der Waals surface area contributed by atoms with Gasteiger partial charge in [0.2, 0.25) is 5.91 Å². The smallest absolute Gasteiger partial charge is 0.251 e. The van der Waals surface area contributed by atoms with E-state index in [0.29, 0.717) is 17.8 Å². The van der Waals surface area contributed by atoms with Gasteiger partial charge in [0.05, 0.1) is 17.9 Å². The first kappa shape index (κ1) is 14.1. The van der Waals surface area contributed by atoms with Crippen LogP contribution in [0, 0.1) is 5.82 Å². The molecule has 0 aliphatic carbocycles. The van der Waals surface area contributed by atoms with Gasteiger partial charge in [-0.15, -0.1) is 0 Å². The molecular formula is C16H14FN3O2. The molecule has 5 nitrogen and oxygen atoms in total. The van der Waals surface area contributed by atoms with Crippen LogP contribution in [0.25, 0.3) is 0 Å². The van der Waals surface area contributed by atoms with Gasteiger partial charge >= 0.3 is 0 Å². The molecule has 0 atom stereocenters. The quantitative estimate of drug-likeness (QED) is 0.813. The summed E-state index contributed by atoms with van der Waals surface area (Å²) in [6.07, 6.45) is 0. The molecule has 0 saturated heterocycles. The van der Waals surface area contributed by atoms with Crippen molar-refractivity contribution in [2.75, 3.05) is 17.2 Å². The first-order chi connectivity index (χ1) is 10.6. The molecule has 0 radical (unpaired) electrons. The van der Waals surface area contributed by atoms with Crippen LogP contribution in [0.5, 0.6) is 0 Å². The Labute approximate surface area is 126 Å². The lowest BCUT2D eigenvalue weighted by Gasteiger charge is -2.19. The summed E-state index contributed by atoms with van der Waals surface area (Å²) in [6, 6.07) is 11.0. The molecule has 1 heterocycles. The summed E-state index contributed by atoms with van der Waals surface area (Å²) in [5.41, 5.74) is 2.63. The second-order valence-electron chi connectivity index (χ2n) is 4.97. The third-order valence-corrected chi connectivity index (χ3v) is 3.36. The van der Waals surface area contributed by atoms with Gasteiger partial charge in [0.15, 0.2) is 0 Å². The maximum Gasteiger partial charge on any atom is 0.251 e. The van der Waals surface area contributed by atoms with Crippen LogP contribution in [0.2, 0.25) is 0 Å². The fraction of sp³-hybridized carbons (Fsp3) is 0.125. The molecule has 0 spiro atoms. The highest BCUT2D eigenvalue weighted by Gasteiger charge is 2.16. The van der Waals surface area contributed by atoms with Crippen molar-refractivity contribution in [3.05, 3.63) is 59.4 Å². The summed E-state index contributed by atoms with van der Waals surface area (Å²) in [5, 5.41) is 8.43. The Morgan fingerprint density at radius 1 is 1.14 bits per heavy atom. The van der Waals surface area contributed by atoms with Crippen LogP contribution in [0.15, 0.2) is 42.5 Å². The molecule has 2 amide bonds. The van der Waals surface area contributed by atoms with Gasteiger partial charge in [-0.25, -0.2) is 4.39 Å².